The average molecular weight is 462 g/mol. The van der Waals surface area contributed by atoms with Gasteiger partial charge in [-0.3, -0.25) is 4.57 Å². The third-order valence-electron chi connectivity index (χ3n) is 5.00. The molecule has 0 aliphatic heterocycles. The smallest absolute Gasteiger partial charge is 0.329 e. The molecule has 6 nitrogen and oxygen atoms in total. The van der Waals surface area contributed by atoms with Crippen LogP contribution >= 0.6 is 7.60 Å². The molecule has 0 saturated heterocycles. The van der Waals surface area contributed by atoms with E-state index in [0.717, 1.165) is 28.2 Å². The predicted octanol–water partition coefficient (Wildman–Crippen LogP) is 7.16. The molecule has 1 atom stereocenters. The second kappa shape index (κ2) is 10.6. The van der Waals surface area contributed by atoms with Gasteiger partial charge in [-0.2, -0.15) is 5.10 Å². The maximum absolute atomic E-state index is 12.6. The van der Waals surface area contributed by atoms with Gasteiger partial charge in [0, 0.05) is 11.1 Å². The quantitative estimate of drug-likeness (QED) is 0.142. The standard InChI is InChI=1S/C26H27N2O4P/c1-3-19-33(29,30-4-2)32-31-24-17-15-22(16-18-24)26-20-25(21-11-7-5-8-12-21)27-28(26)23-13-9-6-10-14-23/h5-18,20H,3-4,19H2,1-2H3. The summed E-state index contributed by atoms with van der Waals surface area (Å²) in [6, 6.07) is 29.6. The minimum atomic E-state index is -3.27. The second-order valence-corrected chi connectivity index (χ2v) is 9.54. The summed E-state index contributed by atoms with van der Waals surface area (Å²) in [5, 5.41) is 4.87. The predicted molar refractivity (Wildman–Crippen MR) is 131 cm³/mol. The molecular formula is C26H27N2O4P. The topological polar surface area (TPSA) is 62.6 Å². The summed E-state index contributed by atoms with van der Waals surface area (Å²) in [4.78, 5) is 5.35. The molecule has 0 N–H and O–H groups in total. The molecule has 4 rings (SSSR count). The summed E-state index contributed by atoms with van der Waals surface area (Å²) in [7, 11) is -3.27. The Labute approximate surface area is 194 Å². The van der Waals surface area contributed by atoms with Crippen molar-refractivity contribution in [2.24, 2.45) is 0 Å². The van der Waals surface area contributed by atoms with Crippen molar-refractivity contribution >= 4 is 7.60 Å². The molecule has 0 fully saturated rings. The van der Waals surface area contributed by atoms with E-state index in [0.29, 0.717) is 24.9 Å². The van der Waals surface area contributed by atoms with Crippen molar-refractivity contribution in [3.63, 3.8) is 0 Å². The van der Waals surface area contributed by atoms with Crippen molar-refractivity contribution in [2.45, 2.75) is 20.3 Å². The number of aromatic nitrogens is 2. The average Bonchev–Trinajstić information content (AvgIpc) is 3.30. The molecule has 1 heterocycles. The van der Waals surface area contributed by atoms with E-state index >= 15 is 0 Å². The first-order chi connectivity index (χ1) is 16.1. The van der Waals surface area contributed by atoms with Crippen molar-refractivity contribution < 1.29 is 18.7 Å². The minimum Gasteiger partial charge on any atom is -0.329 e. The summed E-state index contributed by atoms with van der Waals surface area (Å²) in [5.74, 6) is 0.448. The highest BCUT2D eigenvalue weighted by Gasteiger charge is 2.25. The molecular weight excluding hydrogens is 435 g/mol. The van der Waals surface area contributed by atoms with Gasteiger partial charge in [-0.25, -0.2) is 4.68 Å². The zero-order valence-electron chi connectivity index (χ0n) is 18.8. The SMILES string of the molecule is CCCP(=O)(OCC)OOc1ccc(-c2cc(-c3ccccc3)nn2-c2ccccc2)cc1. The molecule has 4 aromatic rings. The molecule has 170 valence electrons. The largest absolute Gasteiger partial charge is 0.369 e. The lowest BCUT2D eigenvalue weighted by Crippen LogP contribution is -2.03. The Hall–Kier alpha value is -3.18. The molecule has 0 aliphatic carbocycles. The molecule has 3 aromatic carbocycles. The van der Waals surface area contributed by atoms with Crippen molar-refractivity contribution in [3.8, 4) is 34.0 Å². The summed E-state index contributed by atoms with van der Waals surface area (Å²) < 4.78 is 25.1. The summed E-state index contributed by atoms with van der Waals surface area (Å²) >= 11 is 0. The Morgan fingerprint density at radius 1 is 0.848 bits per heavy atom. The van der Waals surface area contributed by atoms with Crippen LogP contribution in [0.4, 0.5) is 0 Å². The van der Waals surface area contributed by atoms with Gasteiger partial charge in [0.25, 0.3) is 0 Å². The van der Waals surface area contributed by atoms with E-state index in [9.17, 15) is 4.57 Å². The summed E-state index contributed by atoms with van der Waals surface area (Å²) in [6.45, 7) is 4.00. The van der Waals surface area contributed by atoms with Crippen LogP contribution < -0.4 is 4.89 Å². The molecule has 33 heavy (non-hydrogen) atoms. The first-order valence-corrected chi connectivity index (χ1v) is 12.8. The highest BCUT2D eigenvalue weighted by Crippen LogP contribution is 2.48. The van der Waals surface area contributed by atoms with Crippen LogP contribution in [-0.4, -0.2) is 22.5 Å². The number of hydrogen-bond acceptors (Lipinski definition) is 5. The van der Waals surface area contributed by atoms with Crippen molar-refractivity contribution in [3.05, 3.63) is 91.0 Å². The van der Waals surface area contributed by atoms with E-state index in [4.69, 9.17) is 19.2 Å². The molecule has 0 aliphatic rings. The van der Waals surface area contributed by atoms with Gasteiger partial charge in [0.2, 0.25) is 0 Å². The van der Waals surface area contributed by atoms with E-state index in [1.165, 1.54) is 0 Å². The van der Waals surface area contributed by atoms with Crippen molar-refractivity contribution in [2.75, 3.05) is 12.8 Å². The number of rotatable bonds is 10. The lowest BCUT2D eigenvalue weighted by atomic mass is 10.1. The zero-order chi connectivity index (χ0) is 23.1. The minimum absolute atomic E-state index is 0.298. The third kappa shape index (κ3) is 5.60. The van der Waals surface area contributed by atoms with E-state index < -0.39 is 7.60 Å². The Balaban J connectivity index is 1.62. The van der Waals surface area contributed by atoms with Gasteiger partial charge in [0.05, 0.1) is 29.8 Å². The van der Waals surface area contributed by atoms with Crippen LogP contribution in [0, 0.1) is 0 Å². The van der Waals surface area contributed by atoms with Crippen LogP contribution in [0.3, 0.4) is 0 Å². The number of benzene rings is 3. The van der Waals surface area contributed by atoms with Crippen LogP contribution in [-0.2, 0) is 13.8 Å². The van der Waals surface area contributed by atoms with Crippen LogP contribution in [0.1, 0.15) is 20.3 Å². The van der Waals surface area contributed by atoms with Crippen LogP contribution in [0.15, 0.2) is 91.0 Å². The van der Waals surface area contributed by atoms with Crippen LogP contribution in [0.5, 0.6) is 5.75 Å². The molecule has 0 bridgehead atoms. The van der Waals surface area contributed by atoms with Crippen LogP contribution in [0.25, 0.3) is 28.2 Å². The fraction of sp³-hybridized carbons (Fsp3) is 0.192. The van der Waals surface area contributed by atoms with Gasteiger partial charge in [-0.05, 0) is 55.8 Å². The zero-order valence-corrected chi connectivity index (χ0v) is 19.7. The van der Waals surface area contributed by atoms with Gasteiger partial charge in [-0.1, -0.05) is 60.1 Å². The fourth-order valence-corrected chi connectivity index (χ4v) is 4.87. The van der Waals surface area contributed by atoms with Gasteiger partial charge in [0.1, 0.15) is 0 Å². The first-order valence-electron chi connectivity index (χ1n) is 11.0. The fourth-order valence-electron chi connectivity index (χ4n) is 3.48. The molecule has 0 spiro atoms. The van der Waals surface area contributed by atoms with E-state index in [2.05, 4.69) is 6.07 Å². The highest BCUT2D eigenvalue weighted by molar-refractivity contribution is 7.53. The highest BCUT2D eigenvalue weighted by atomic mass is 31.2. The third-order valence-corrected chi connectivity index (χ3v) is 6.95. The Kier molecular flexibility index (Phi) is 7.40. The summed E-state index contributed by atoms with van der Waals surface area (Å²) in [5.41, 5.74) is 4.80. The molecule has 0 saturated carbocycles. The number of hydrogen-bond donors (Lipinski definition) is 0. The number of para-hydroxylation sites is 1. The monoisotopic (exact) mass is 462 g/mol. The van der Waals surface area contributed by atoms with Gasteiger partial charge >= 0.3 is 7.60 Å². The Morgan fingerprint density at radius 2 is 1.52 bits per heavy atom. The first kappa shape index (κ1) is 23.0. The second-order valence-electron chi connectivity index (χ2n) is 7.46. The lowest BCUT2D eigenvalue weighted by Gasteiger charge is -2.15. The molecule has 0 radical (unpaired) electrons. The molecule has 1 aromatic heterocycles. The Bertz CT molecular complexity index is 1200. The molecule has 7 heteroatoms. The lowest BCUT2D eigenvalue weighted by molar-refractivity contribution is -0.112. The van der Waals surface area contributed by atoms with Crippen molar-refractivity contribution in [1.29, 1.82) is 0 Å². The van der Waals surface area contributed by atoms with Crippen molar-refractivity contribution in [1.82, 2.24) is 9.78 Å². The maximum atomic E-state index is 12.6. The van der Waals surface area contributed by atoms with E-state index in [1.54, 1.807) is 19.1 Å². The number of nitrogens with zero attached hydrogens (tertiary/aromatic N) is 2. The van der Waals surface area contributed by atoms with E-state index in [1.807, 2.05) is 84.4 Å². The van der Waals surface area contributed by atoms with Gasteiger partial charge in [-0.15, -0.1) is 0 Å². The maximum Gasteiger partial charge on any atom is 0.369 e. The Morgan fingerprint density at radius 3 is 2.15 bits per heavy atom. The molecule has 0 amide bonds. The summed E-state index contributed by atoms with van der Waals surface area (Å²) in [6.07, 6.45) is 0.976. The van der Waals surface area contributed by atoms with Crippen LogP contribution in [0.2, 0.25) is 0 Å². The van der Waals surface area contributed by atoms with Gasteiger partial charge in [0.15, 0.2) is 5.75 Å². The molecule has 1 unspecified atom stereocenters. The normalized spacial score (nSPS) is 12.9. The van der Waals surface area contributed by atoms with Gasteiger partial charge < -0.3 is 9.41 Å². The van der Waals surface area contributed by atoms with E-state index in [-0.39, 0.29) is 0 Å².